The van der Waals surface area contributed by atoms with Crippen molar-refractivity contribution in [3.8, 4) is 0 Å². The van der Waals surface area contributed by atoms with Crippen LogP contribution in [0.5, 0.6) is 0 Å². The topological polar surface area (TPSA) is 89.9 Å². The Balaban J connectivity index is 1.90. The van der Waals surface area contributed by atoms with E-state index < -0.39 is 12.0 Å². The molecule has 2 aliphatic heterocycles. The molecule has 1 aromatic carbocycles. The molecule has 1 atom stereocenters. The van der Waals surface area contributed by atoms with Gasteiger partial charge in [-0.15, -0.1) is 0 Å². The van der Waals surface area contributed by atoms with Gasteiger partial charge >= 0.3 is 12.0 Å². The lowest BCUT2D eigenvalue weighted by Gasteiger charge is -2.33. The third-order valence-corrected chi connectivity index (χ3v) is 4.65. The number of aliphatic carboxylic acids is 1. The van der Waals surface area contributed by atoms with Crippen LogP contribution in [0.3, 0.4) is 0 Å². The average Bonchev–Trinajstić information content (AvgIpc) is 3.00. The second kappa shape index (κ2) is 6.51. The monoisotopic (exact) mass is 331 g/mol. The maximum Gasteiger partial charge on any atom is 0.326 e. The van der Waals surface area contributed by atoms with Gasteiger partial charge in [0.05, 0.1) is 0 Å². The molecule has 3 amide bonds. The van der Waals surface area contributed by atoms with Crippen LogP contribution in [-0.4, -0.2) is 53.6 Å². The second-order valence-corrected chi connectivity index (χ2v) is 6.23. The second-order valence-electron chi connectivity index (χ2n) is 6.23. The number of anilines is 1. The molecule has 7 nitrogen and oxygen atoms in total. The first-order valence-corrected chi connectivity index (χ1v) is 8.19. The van der Waals surface area contributed by atoms with Crippen molar-refractivity contribution in [2.24, 2.45) is 0 Å². The molecule has 2 heterocycles. The van der Waals surface area contributed by atoms with Gasteiger partial charge in [-0.3, -0.25) is 9.69 Å². The molecule has 2 aliphatic rings. The largest absolute Gasteiger partial charge is 0.480 e. The minimum Gasteiger partial charge on any atom is -0.480 e. The average molecular weight is 331 g/mol. The molecule has 2 N–H and O–H groups in total. The Bertz CT molecular complexity index is 688. The van der Waals surface area contributed by atoms with Crippen LogP contribution in [0.4, 0.5) is 10.5 Å². The molecule has 2 fully saturated rings. The van der Waals surface area contributed by atoms with Crippen LogP contribution in [0, 0.1) is 6.92 Å². The summed E-state index contributed by atoms with van der Waals surface area (Å²) in [6, 6.07) is 4.24. The van der Waals surface area contributed by atoms with Gasteiger partial charge in [0, 0.05) is 30.9 Å². The van der Waals surface area contributed by atoms with Crippen molar-refractivity contribution < 1.29 is 19.5 Å². The lowest BCUT2D eigenvalue weighted by Crippen LogP contribution is -2.48. The van der Waals surface area contributed by atoms with Gasteiger partial charge in [-0.2, -0.15) is 0 Å². The summed E-state index contributed by atoms with van der Waals surface area (Å²) in [5.41, 5.74) is 2.01. The number of carboxylic acids is 1. The van der Waals surface area contributed by atoms with E-state index in [9.17, 15) is 19.5 Å². The predicted molar refractivity (Wildman–Crippen MR) is 88.2 cm³/mol. The van der Waals surface area contributed by atoms with Crippen LogP contribution in [0.15, 0.2) is 18.2 Å². The van der Waals surface area contributed by atoms with Crippen molar-refractivity contribution in [2.75, 3.05) is 24.5 Å². The third-order valence-electron chi connectivity index (χ3n) is 4.65. The highest BCUT2D eigenvalue weighted by Crippen LogP contribution is 2.26. The Hall–Kier alpha value is -2.57. The molecule has 0 spiro atoms. The van der Waals surface area contributed by atoms with Crippen LogP contribution in [0.1, 0.15) is 35.2 Å². The first kappa shape index (κ1) is 16.3. The van der Waals surface area contributed by atoms with Crippen LogP contribution < -0.4 is 10.2 Å². The fraction of sp³-hybridized carbons (Fsp3) is 0.471. The Morgan fingerprint density at radius 1 is 1.25 bits per heavy atom. The van der Waals surface area contributed by atoms with E-state index in [4.69, 9.17) is 0 Å². The highest BCUT2D eigenvalue weighted by molar-refractivity contribution is 6.00. The van der Waals surface area contributed by atoms with Gasteiger partial charge in [0.1, 0.15) is 6.04 Å². The minimum absolute atomic E-state index is 0.177. The third kappa shape index (κ3) is 2.93. The van der Waals surface area contributed by atoms with Crippen molar-refractivity contribution in [1.82, 2.24) is 10.2 Å². The first-order valence-electron chi connectivity index (χ1n) is 8.19. The van der Waals surface area contributed by atoms with Gasteiger partial charge in [-0.25, -0.2) is 9.59 Å². The Kier molecular flexibility index (Phi) is 4.42. The van der Waals surface area contributed by atoms with E-state index in [2.05, 4.69) is 5.32 Å². The maximum atomic E-state index is 12.8. The summed E-state index contributed by atoms with van der Waals surface area (Å²) in [6.45, 7) is 3.46. The SMILES string of the molecule is Cc1ccc(C(=O)N2CCCC[C@@H]2C(=O)O)cc1N1CCNC1=O. The molecule has 128 valence electrons. The lowest BCUT2D eigenvalue weighted by atomic mass is 10.00. The van der Waals surface area contributed by atoms with Crippen LogP contribution >= 0.6 is 0 Å². The van der Waals surface area contributed by atoms with Gasteiger partial charge in [-0.05, 0) is 43.9 Å². The van der Waals surface area contributed by atoms with Gasteiger partial charge in [0.15, 0.2) is 0 Å². The predicted octanol–water partition coefficient (Wildman–Crippen LogP) is 1.60. The van der Waals surface area contributed by atoms with Crippen molar-refractivity contribution in [3.05, 3.63) is 29.3 Å². The van der Waals surface area contributed by atoms with E-state index in [0.717, 1.165) is 18.4 Å². The van der Waals surface area contributed by atoms with Gasteiger partial charge in [-0.1, -0.05) is 6.07 Å². The van der Waals surface area contributed by atoms with E-state index in [1.807, 2.05) is 6.92 Å². The number of benzene rings is 1. The van der Waals surface area contributed by atoms with Crippen molar-refractivity contribution in [3.63, 3.8) is 0 Å². The molecule has 0 radical (unpaired) electrons. The summed E-state index contributed by atoms with van der Waals surface area (Å²) in [4.78, 5) is 39.2. The number of carbonyl (C=O) groups is 3. The van der Waals surface area contributed by atoms with E-state index in [0.29, 0.717) is 37.3 Å². The molecule has 1 aromatic rings. The quantitative estimate of drug-likeness (QED) is 0.880. The molecular weight excluding hydrogens is 310 g/mol. The van der Waals surface area contributed by atoms with Gasteiger partial charge in [0.25, 0.3) is 5.91 Å². The number of hydrogen-bond acceptors (Lipinski definition) is 3. The highest BCUT2D eigenvalue weighted by atomic mass is 16.4. The van der Waals surface area contributed by atoms with Crippen LogP contribution in [-0.2, 0) is 4.79 Å². The zero-order chi connectivity index (χ0) is 17.3. The first-order chi connectivity index (χ1) is 11.5. The molecule has 2 saturated heterocycles. The van der Waals surface area contributed by atoms with Crippen molar-refractivity contribution >= 4 is 23.6 Å². The number of nitrogens with one attached hydrogen (secondary N) is 1. The molecule has 0 saturated carbocycles. The Morgan fingerprint density at radius 3 is 2.71 bits per heavy atom. The number of likely N-dealkylation sites (tertiary alicyclic amines) is 1. The number of aryl methyl sites for hydroxylation is 1. The van der Waals surface area contributed by atoms with Crippen LogP contribution in [0.25, 0.3) is 0 Å². The molecule has 0 aliphatic carbocycles. The highest BCUT2D eigenvalue weighted by Gasteiger charge is 2.33. The maximum absolute atomic E-state index is 12.8. The molecule has 7 heteroatoms. The van der Waals surface area contributed by atoms with Crippen molar-refractivity contribution in [2.45, 2.75) is 32.2 Å². The molecule has 3 rings (SSSR count). The smallest absolute Gasteiger partial charge is 0.326 e. The Morgan fingerprint density at radius 2 is 2.04 bits per heavy atom. The van der Waals surface area contributed by atoms with Crippen LogP contribution in [0.2, 0.25) is 0 Å². The number of amides is 3. The molecular formula is C17H21N3O4. The normalized spacial score (nSPS) is 20.9. The minimum atomic E-state index is -0.964. The fourth-order valence-electron chi connectivity index (χ4n) is 3.33. The summed E-state index contributed by atoms with van der Waals surface area (Å²) in [7, 11) is 0. The number of urea groups is 1. The number of carbonyl (C=O) groups excluding carboxylic acids is 2. The van der Waals surface area contributed by atoms with E-state index >= 15 is 0 Å². The van der Waals surface area contributed by atoms with Gasteiger partial charge < -0.3 is 15.3 Å². The molecule has 24 heavy (non-hydrogen) atoms. The summed E-state index contributed by atoms with van der Waals surface area (Å²) >= 11 is 0. The van der Waals surface area contributed by atoms with E-state index in [1.54, 1.807) is 23.1 Å². The zero-order valence-corrected chi connectivity index (χ0v) is 13.6. The summed E-state index contributed by atoms with van der Waals surface area (Å²) in [5, 5.41) is 12.1. The lowest BCUT2D eigenvalue weighted by molar-refractivity contribution is -0.143. The number of hydrogen-bond donors (Lipinski definition) is 2. The number of nitrogens with zero attached hydrogens (tertiary/aromatic N) is 2. The summed E-state index contributed by atoms with van der Waals surface area (Å²) in [6.07, 6.45) is 2.10. The molecule has 0 unspecified atom stereocenters. The van der Waals surface area contributed by atoms with E-state index in [-0.39, 0.29) is 11.9 Å². The summed E-state index contributed by atoms with van der Waals surface area (Å²) < 4.78 is 0. The molecule has 0 bridgehead atoms. The fourth-order valence-corrected chi connectivity index (χ4v) is 3.33. The standard InChI is InChI=1S/C17H21N3O4/c1-11-5-6-12(10-14(11)20-9-7-18-17(20)24)15(21)19-8-3-2-4-13(19)16(22)23/h5-6,10,13H,2-4,7-9H2,1H3,(H,18,24)(H,22,23)/t13-/m1/s1. The van der Waals surface area contributed by atoms with Crippen molar-refractivity contribution in [1.29, 1.82) is 0 Å². The Labute approximate surface area is 140 Å². The number of rotatable bonds is 3. The number of carboxylic acid groups (broad SMARTS) is 1. The molecule has 0 aromatic heterocycles. The van der Waals surface area contributed by atoms with Gasteiger partial charge in [0.2, 0.25) is 0 Å². The van der Waals surface area contributed by atoms with E-state index in [1.165, 1.54) is 4.90 Å². The number of piperidine rings is 1. The summed E-state index contributed by atoms with van der Waals surface area (Å²) in [5.74, 6) is -1.25. The zero-order valence-electron chi connectivity index (χ0n) is 13.6.